The number of nitrogens with two attached hydrogens (primary N) is 1. The number of amides is 1. The molecule has 3 N–H and O–H groups in total. The number of H-pyrrole nitrogens is 1. The van der Waals surface area contributed by atoms with E-state index < -0.39 is 11.2 Å². The molecular weight excluding hydrogens is 400 g/mol. The summed E-state index contributed by atoms with van der Waals surface area (Å²) in [5.74, 6) is 0.460. The Morgan fingerprint density at radius 3 is 2.40 bits per heavy atom. The van der Waals surface area contributed by atoms with E-state index in [2.05, 4.69) is 31.0 Å². The first-order valence-corrected chi connectivity index (χ1v) is 11.4. The van der Waals surface area contributed by atoms with Crippen LogP contribution in [-0.4, -0.2) is 27.8 Å². The van der Waals surface area contributed by atoms with E-state index in [9.17, 15) is 14.4 Å². The number of carbonyl (C=O) groups excluding carboxylic acids is 1. The molecule has 1 heterocycles. The van der Waals surface area contributed by atoms with E-state index in [1.807, 2.05) is 26.0 Å². The number of anilines is 2. The molecular formula is C22H32N4O3S. The van der Waals surface area contributed by atoms with Gasteiger partial charge in [0.25, 0.3) is 5.56 Å². The highest BCUT2D eigenvalue weighted by Gasteiger charge is 2.23. The summed E-state index contributed by atoms with van der Waals surface area (Å²) in [5, 5.41) is 0. The number of thioether (sulfide) groups is 1. The molecule has 2 aromatic rings. The molecule has 0 aliphatic carbocycles. The SMILES string of the molecule is CCCCN(C(=O)CSc1ccc(C(C)C)cc1)c1c(N)n(CCC)c(=O)[nH]c1=O. The van der Waals surface area contributed by atoms with E-state index >= 15 is 0 Å². The molecule has 30 heavy (non-hydrogen) atoms. The first-order valence-electron chi connectivity index (χ1n) is 10.5. The van der Waals surface area contributed by atoms with Crippen LogP contribution in [0.3, 0.4) is 0 Å². The topological polar surface area (TPSA) is 101 Å². The minimum Gasteiger partial charge on any atom is -0.383 e. The maximum atomic E-state index is 13.1. The maximum Gasteiger partial charge on any atom is 0.330 e. The predicted molar refractivity (Wildman–Crippen MR) is 125 cm³/mol. The first-order chi connectivity index (χ1) is 14.3. The van der Waals surface area contributed by atoms with Crippen molar-refractivity contribution in [3.63, 3.8) is 0 Å². The Kier molecular flexibility index (Phi) is 8.77. The van der Waals surface area contributed by atoms with Crippen molar-refractivity contribution in [2.75, 3.05) is 22.9 Å². The second-order valence-electron chi connectivity index (χ2n) is 7.56. The Morgan fingerprint density at radius 2 is 1.83 bits per heavy atom. The molecule has 0 unspecified atom stereocenters. The first kappa shape index (κ1) is 23.8. The van der Waals surface area contributed by atoms with Crippen LogP contribution in [0, 0.1) is 0 Å². The number of rotatable bonds is 10. The molecule has 0 spiro atoms. The van der Waals surface area contributed by atoms with Crippen LogP contribution in [0.1, 0.15) is 58.4 Å². The summed E-state index contributed by atoms with van der Waals surface area (Å²) >= 11 is 1.42. The van der Waals surface area contributed by atoms with Crippen LogP contribution in [0.4, 0.5) is 11.5 Å². The van der Waals surface area contributed by atoms with Crippen molar-refractivity contribution in [1.82, 2.24) is 9.55 Å². The van der Waals surface area contributed by atoms with E-state index in [-0.39, 0.29) is 23.2 Å². The van der Waals surface area contributed by atoms with Crippen LogP contribution in [0.2, 0.25) is 0 Å². The van der Waals surface area contributed by atoms with Gasteiger partial charge in [0.1, 0.15) is 5.82 Å². The third-order valence-electron chi connectivity index (χ3n) is 4.88. The van der Waals surface area contributed by atoms with Gasteiger partial charge in [-0.05, 0) is 36.5 Å². The van der Waals surface area contributed by atoms with Gasteiger partial charge < -0.3 is 10.6 Å². The van der Waals surface area contributed by atoms with Crippen LogP contribution in [0.15, 0.2) is 38.8 Å². The number of nitrogens with zero attached hydrogens (tertiary/aromatic N) is 2. The van der Waals surface area contributed by atoms with Crippen LogP contribution < -0.4 is 21.9 Å². The molecule has 0 saturated heterocycles. The summed E-state index contributed by atoms with van der Waals surface area (Å²) in [6.45, 7) is 8.95. The number of aromatic nitrogens is 2. The molecule has 0 aliphatic rings. The summed E-state index contributed by atoms with van der Waals surface area (Å²) in [6.07, 6.45) is 2.27. The highest BCUT2D eigenvalue weighted by molar-refractivity contribution is 8.00. The van der Waals surface area contributed by atoms with Gasteiger partial charge in [-0.1, -0.05) is 46.2 Å². The average Bonchev–Trinajstić information content (AvgIpc) is 2.71. The minimum atomic E-state index is -0.624. The van der Waals surface area contributed by atoms with Crippen molar-refractivity contribution in [1.29, 1.82) is 0 Å². The maximum absolute atomic E-state index is 13.1. The summed E-state index contributed by atoms with van der Waals surface area (Å²) in [7, 11) is 0. The highest BCUT2D eigenvalue weighted by Crippen LogP contribution is 2.24. The molecule has 0 fully saturated rings. The van der Waals surface area contributed by atoms with E-state index in [4.69, 9.17) is 5.73 Å². The average molecular weight is 433 g/mol. The van der Waals surface area contributed by atoms with Crippen LogP contribution >= 0.6 is 11.8 Å². The quantitative estimate of drug-likeness (QED) is 0.559. The molecule has 2 rings (SSSR count). The monoisotopic (exact) mass is 432 g/mol. The Bertz CT molecular complexity index is 964. The van der Waals surface area contributed by atoms with Crippen LogP contribution in [0.5, 0.6) is 0 Å². The molecule has 164 valence electrons. The molecule has 8 heteroatoms. The lowest BCUT2D eigenvalue weighted by molar-refractivity contribution is -0.116. The van der Waals surface area contributed by atoms with Crippen molar-refractivity contribution in [3.05, 3.63) is 50.7 Å². The van der Waals surface area contributed by atoms with Crippen molar-refractivity contribution >= 4 is 29.2 Å². The minimum absolute atomic E-state index is 0.0429. The van der Waals surface area contributed by atoms with Gasteiger partial charge in [-0.3, -0.25) is 19.1 Å². The zero-order valence-electron chi connectivity index (χ0n) is 18.2. The normalized spacial score (nSPS) is 11.1. The number of hydrogen-bond donors (Lipinski definition) is 2. The van der Waals surface area contributed by atoms with Gasteiger partial charge in [0.05, 0.1) is 5.75 Å². The fourth-order valence-corrected chi connectivity index (χ4v) is 3.91. The van der Waals surface area contributed by atoms with Crippen LogP contribution in [-0.2, 0) is 11.3 Å². The molecule has 0 radical (unpaired) electrons. The van der Waals surface area contributed by atoms with Gasteiger partial charge in [0.15, 0.2) is 5.69 Å². The molecule has 0 atom stereocenters. The Hall–Kier alpha value is -2.48. The van der Waals surface area contributed by atoms with E-state index in [0.29, 0.717) is 25.4 Å². The lowest BCUT2D eigenvalue weighted by atomic mass is 10.0. The number of unbranched alkanes of at least 4 members (excludes halogenated alkanes) is 1. The van der Waals surface area contributed by atoms with Gasteiger partial charge >= 0.3 is 5.69 Å². The number of benzene rings is 1. The smallest absolute Gasteiger partial charge is 0.330 e. The molecule has 0 saturated carbocycles. The van der Waals surface area contributed by atoms with Gasteiger partial charge in [-0.2, -0.15) is 0 Å². The standard InChI is InChI=1S/C22H32N4O3S/c1-5-7-13-25(19-20(23)26(12-6-2)22(29)24-21(19)28)18(27)14-30-17-10-8-16(9-11-17)15(3)4/h8-11,15H,5-7,12-14,23H2,1-4H3,(H,24,28,29). The number of nitrogen functional groups attached to an aromatic ring is 1. The predicted octanol–water partition coefficient (Wildman–Crippen LogP) is 3.58. The summed E-state index contributed by atoms with van der Waals surface area (Å²) in [5.41, 5.74) is 6.31. The van der Waals surface area contributed by atoms with E-state index in [1.54, 1.807) is 0 Å². The van der Waals surface area contributed by atoms with Gasteiger partial charge in [-0.25, -0.2) is 4.79 Å². The molecule has 1 aromatic carbocycles. The Labute approximate surface area is 181 Å². The zero-order valence-corrected chi connectivity index (χ0v) is 19.1. The summed E-state index contributed by atoms with van der Waals surface area (Å²) in [4.78, 5) is 42.5. The number of hydrogen-bond acceptors (Lipinski definition) is 5. The van der Waals surface area contributed by atoms with Crippen molar-refractivity contribution in [3.8, 4) is 0 Å². The van der Waals surface area contributed by atoms with Gasteiger partial charge in [0, 0.05) is 18.0 Å². The molecule has 0 bridgehead atoms. The number of nitrogens with one attached hydrogen (secondary N) is 1. The number of carbonyl (C=O) groups is 1. The lowest BCUT2D eigenvalue weighted by Crippen LogP contribution is -2.42. The van der Waals surface area contributed by atoms with Crippen molar-refractivity contribution < 1.29 is 4.79 Å². The summed E-state index contributed by atoms with van der Waals surface area (Å²) in [6, 6.07) is 8.14. The Balaban J connectivity index is 2.29. The fraction of sp³-hybridized carbons (Fsp3) is 0.500. The molecule has 1 amide bonds. The zero-order chi connectivity index (χ0) is 22.3. The van der Waals surface area contributed by atoms with Crippen LogP contribution in [0.25, 0.3) is 0 Å². The lowest BCUT2D eigenvalue weighted by Gasteiger charge is -2.24. The second kappa shape index (κ2) is 11.1. The largest absolute Gasteiger partial charge is 0.383 e. The Morgan fingerprint density at radius 1 is 1.17 bits per heavy atom. The van der Waals surface area contributed by atoms with Crippen molar-refractivity contribution in [2.45, 2.75) is 64.3 Å². The fourth-order valence-electron chi connectivity index (χ4n) is 3.13. The molecule has 0 aliphatic heterocycles. The molecule has 1 aromatic heterocycles. The van der Waals surface area contributed by atoms with E-state index in [0.717, 1.165) is 17.7 Å². The summed E-state index contributed by atoms with van der Waals surface area (Å²) < 4.78 is 1.32. The third-order valence-corrected chi connectivity index (χ3v) is 5.87. The molecule has 7 nitrogen and oxygen atoms in total. The second-order valence-corrected chi connectivity index (χ2v) is 8.60. The van der Waals surface area contributed by atoms with Gasteiger partial charge in [0.2, 0.25) is 5.91 Å². The number of aromatic amines is 1. The van der Waals surface area contributed by atoms with E-state index in [1.165, 1.54) is 26.8 Å². The van der Waals surface area contributed by atoms with Crippen molar-refractivity contribution in [2.24, 2.45) is 0 Å². The third kappa shape index (κ3) is 5.78. The van der Waals surface area contributed by atoms with Gasteiger partial charge in [-0.15, -0.1) is 11.8 Å². The highest BCUT2D eigenvalue weighted by atomic mass is 32.2.